The van der Waals surface area contributed by atoms with Crippen molar-refractivity contribution < 1.29 is 19.7 Å². The summed E-state index contributed by atoms with van der Waals surface area (Å²) in [6, 6.07) is 24.9. The molecule has 5 aromatic rings. The fourth-order valence-electron chi connectivity index (χ4n) is 4.11. The predicted molar refractivity (Wildman–Crippen MR) is 121 cm³/mol. The molecule has 0 bridgehead atoms. The number of rotatable bonds is 5. The molecule has 5 aromatic carbocycles. The first-order valence-corrected chi connectivity index (χ1v) is 10.1. The number of alkyl carbamates (subject to hydrolysis) is 1. The van der Waals surface area contributed by atoms with Crippen LogP contribution in [0, 0.1) is 0 Å². The zero-order valence-electron chi connectivity index (χ0n) is 16.7. The summed E-state index contributed by atoms with van der Waals surface area (Å²) in [7, 11) is 0. The Morgan fingerprint density at radius 1 is 0.839 bits per heavy atom. The fourth-order valence-corrected chi connectivity index (χ4v) is 4.11. The van der Waals surface area contributed by atoms with E-state index in [9.17, 15) is 15.0 Å². The van der Waals surface area contributed by atoms with E-state index in [1.807, 2.05) is 6.07 Å². The first-order valence-electron chi connectivity index (χ1n) is 10.1. The van der Waals surface area contributed by atoms with Gasteiger partial charge in [0.05, 0.1) is 12.6 Å². The number of hydrogen-bond donors (Lipinski definition) is 3. The first kappa shape index (κ1) is 19.2. The molecule has 0 saturated carbocycles. The van der Waals surface area contributed by atoms with Gasteiger partial charge in [-0.05, 0) is 55.6 Å². The van der Waals surface area contributed by atoms with Crippen LogP contribution in [-0.2, 0) is 11.3 Å². The third-order valence-electron chi connectivity index (χ3n) is 5.70. The van der Waals surface area contributed by atoms with Gasteiger partial charge in [0.1, 0.15) is 12.4 Å². The van der Waals surface area contributed by atoms with Gasteiger partial charge < -0.3 is 20.3 Å². The van der Waals surface area contributed by atoms with E-state index in [4.69, 9.17) is 4.74 Å². The third kappa shape index (κ3) is 3.60. The number of hydrogen-bond acceptors (Lipinski definition) is 4. The standard InChI is InChI=1S/C26H21NO4/c28-21-11-8-16(9-12-21)23(29)14-27-26(30)31-15-20-7-6-19-5-4-17-2-1-3-18-10-13-22(20)25(19)24(17)18/h1-13,23,28-29H,14-15H2,(H,27,30). The quantitative estimate of drug-likeness (QED) is 0.345. The minimum atomic E-state index is -0.886. The maximum atomic E-state index is 12.2. The number of benzene rings is 5. The monoisotopic (exact) mass is 411 g/mol. The number of aliphatic hydroxyl groups is 1. The highest BCUT2D eigenvalue weighted by Crippen LogP contribution is 2.36. The molecule has 0 aliphatic carbocycles. The van der Waals surface area contributed by atoms with Gasteiger partial charge in [-0.2, -0.15) is 0 Å². The van der Waals surface area contributed by atoms with Crippen molar-refractivity contribution in [3.05, 3.63) is 90.0 Å². The van der Waals surface area contributed by atoms with Crippen LogP contribution in [0.1, 0.15) is 17.2 Å². The summed E-state index contributed by atoms with van der Waals surface area (Å²) >= 11 is 0. The van der Waals surface area contributed by atoms with E-state index in [0.29, 0.717) is 5.56 Å². The molecular weight excluding hydrogens is 390 g/mol. The average Bonchev–Trinajstić information content (AvgIpc) is 2.80. The van der Waals surface area contributed by atoms with Crippen molar-refractivity contribution in [3.63, 3.8) is 0 Å². The zero-order chi connectivity index (χ0) is 21.4. The molecule has 5 heteroatoms. The normalized spacial score (nSPS) is 12.4. The molecule has 0 spiro atoms. The maximum Gasteiger partial charge on any atom is 0.407 e. The SMILES string of the molecule is O=C(NCC(O)c1ccc(O)cc1)OCc1ccc2ccc3cccc4ccc1c2c34. The Labute approximate surface area is 178 Å². The minimum absolute atomic E-state index is 0.0160. The molecule has 154 valence electrons. The largest absolute Gasteiger partial charge is 0.508 e. The summed E-state index contributed by atoms with van der Waals surface area (Å²) in [5.41, 5.74) is 1.53. The molecule has 0 aliphatic rings. The molecule has 3 N–H and O–H groups in total. The Balaban J connectivity index is 1.31. The lowest BCUT2D eigenvalue weighted by molar-refractivity contribution is 0.126. The number of phenolic OH excluding ortho intramolecular Hbond substituents is 1. The second-order valence-corrected chi connectivity index (χ2v) is 7.65. The molecule has 0 saturated heterocycles. The second kappa shape index (κ2) is 7.78. The Morgan fingerprint density at radius 2 is 1.48 bits per heavy atom. The van der Waals surface area contributed by atoms with Crippen molar-refractivity contribution >= 4 is 38.4 Å². The van der Waals surface area contributed by atoms with Gasteiger partial charge in [-0.25, -0.2) is 4.79 Å². The number of aromatic hydroxyl groups is 1. The van der Waals surface area contributed by atoms with Crippen molar-refractivity contribution in [2.24, 2.45) is 0 Å². The Bertz CT molecular complexity index is 1360. The van der Waals surface area contributed by atoms with E-state index in [2.05, 4.69) is 53.8 Å². The molecule has 1 atom stereocenters. The number of nitrogens with one attached hydrogen (secondary N) is 1. The number of carbonyl (C=O) groups excluding carboxylic acids is 1. The molecule has 0 aromatic heterocycles. The van der Waals surface area contributed by atoms with Crippen molar-refractivity contribution in [1.29, 1.82) is 0 Å². The van der Waals surface area contributed by atoms with E-state index < -0.39 is 12.2 Å². The fraction of sp³-hybridized carbons (Fsp3) is 0.115. The molecule has 5 rings (SSSR count). The summed E-state index contributed by atoms with van der Waals surface area (Å²) < 4.78 is 5.42. The van der Waals surface area contributed by atoms with Crippen LogP contribution in [0.3, 0.4) is 0 Å². The molecule has 31 heavy (non-hydrogen) atoms. The molecule has 0 heterocycles. The Hall–Kier alpha value is -3.83. The van der Waals surface area contributed by atoms with Crippen LogP contribution in [0.5, 0.6) is 5.75 Å². The van der Waals surface area contributed by atoms with Crippen molar-refractivity contribution in [2.45, 2.75) is 12.7 Å². The lowest BCUT2D eigenvalue weighted by atomic mass is 9.92. The van der Waals surface area contributed by atoms with E-state index >= 15 is 0 Å². The van der Waals surface area contributed by atoms with Gasteiger partial charge in [0.2, 0.25) is 0 Å². The molecule has 1 unspecified atom stereocenters. The van der Waals surface area contributed by atoms with Crippen LogP contribution < -0.4 is 5.32 Å². The van der Waals surface area contributed by atoms with Crippen LogP contribution in [-0.4, -0.2) is 22.9 Å². The van der Waals surface area contributed by atoms with Gasteiger partial charge in [0.25, 0.3) is 0 Å². The van der Waals surface area contributed by atoms with Crippen LogP contribution >= 0.6 is 0 Å². The van der Waals surface area contributed by atoms with Crippen molar-refractivity contribution in [1.82, 2.24) is 5.32 Å². The molecular formula is C26H21NO4. The number of amides is 1. The summed E-state index contributed by atoms with van der Waals surface area (Å²) in [6.07, 6.45) is -1.48. The maximum absolute atomic E-state index is 12.2. The second-order valence-electron chi connectivity index (χ2n) is 7.65. The van der Waals surface area contributed by atoms with E-state index in [0.717, 1.165) is 16.3 Å². The zero-order valence-corrected chi connectivity index (χ0v) is 16.7. The lowest BCUT2D eigenvalue weighted by Gasteiger charge is -2.15. The van der Waals surface area contributed by atoms with Crippen LogP contribution in [0.2, 0.25) is 0 Å². The highest BCUT2D eigenvalue weighted by molar-refractivity contribution is 6.23. The van der Waals surface area contributed by atoms with Crippen LogP contribution in [0.25, 0.3) is 32.3 Å². The van der Waals surface area contributed by atoms with Crippen molar-refractivity contribution in [3.8, 4) is 5.75 Å². The highest BCUT2D eigenvalue weighted by atomic mass is 16.5. The molecule has 0 fully saturated rings. The van der Waals surface area contributed by atoms with Gasteiger partial charge in [-0.3, -0.25) is 0 Å². The molecule has 0 radical (unpaired) electrons. The van der Waals surface area contributed by atoms with Gasteiger partial charge in [0, 0.05) is 0 Å². The Kier molecular flexibility index (Phi) is 4.81. The van der Waals surface area contributed by atoms with E-state index in [1.165, 1.54) is 33.7 Å². The summed E-state index contributed by atoms with van der Waals surface area (Å²) in [5, 5.41) is 29.1. The number of carbonyl (C=O) groups is 1. The predicted octanol–water partition coefficient (Wildman–Crippen LogP) is 5.25. The third-order valence-corrected chi connectivity index (χ3v) is 5.70. The molecule has 1 amide bonds. The van der Waals surface area contributed by atoms with Crippen LogP contribution in [0.4, 0.5) is 4.79 Å². The summed E-state index contributed by atoms with van der Waals surface area (Å²) in [4.78, 5) is 12.2. The van der Waals surface area contributed by atoms with Gasteiger partial charge in [-0.1, -0.05) is 66.7 Å². The van der Waals surface area contributed by atoms with E-state index in [1.54, 1.807) is 12.1 Å². The topological polar surface area (TPSA) is 78.8 Å². The highest BCUT2D eigenvalue weighted by Gasteiger charge is 2.13. The first-order chi connectivity index (χ1) is 15.1. The van der Waals surface area contributed by atoms with Crippen molar-refractivity contribution in [2.75, 3.05) is 6.54 Å². The minimum Gasteiger partial charge on any atom is -0.508 e. The number of phenols is 1. The van der Waals surface area contributed by atoms with Gasteiger partial charge in [-0.15, -0.1) is 0 Å². The number of aliphatic hydroxyl groups excluding tert-OH is 1. The number of ether oxygens (including phenoxy) is 1. The Morgan fingerprint density at radius 3 is 2.23 bits per heavy atom. The summed E-state index contributed by atoms with van der Waals surface area (Å²) in [5.74, 6) is 0.122. The van der Waals surface area contributed by atoms with E-state index in [-0.39, 0.29) is 18.9 Å². The summed E-state index contributed by atoms with van der Waals surface area (Å²) in [6.45, 7) is 0.150. The smallest absolute Gasteiger partial charge is 0.407 e. The van der Waals surface area contributed by atoms with Crippen LogP contribution in [0.15, 0.2) is 78.9 Å². The molecule has 0 aliphatic heterocycles. The lowest BCUT2D eigenvalue weighted by Crippen LogP contribution is -2.28. The average molecular weight is 411 g/mol. The van der Waals surface area contributed by atoms with Gasteiger partial charge in [0.15, 0.2) is 0 Å². The van der Waals surface area contributed by atoms with Gasteiger partial charge >= 0.3 is 6.09 Å². The molecule has 5 nitrogen and oxygen atoms in total.